The van der Waals surface area contributed by atoms with E-state index in [2.05, 4.69) is 4.98 Å². The lowest BCUT2D eigenvalue weighted by Crippen LogP contribution is -2.14. The van der Waals surface area contributed by atoms with Crippen molar-refractivity contribution in [2.45, 2.75) is 6.92 Å². The van der Waals surface area contributed by atoms with Gasteiger partial charge < -0.3 is 14.6 Å². The number of carboxylic acids is 1. The van der Waals surface area contributed by atoms with Crippen molar-refractivity contribution in [2.75, 3.05) is 13.2 Å². The number of benzene rings is 1. The zero-order valence-corrected chi connectivity index (χ0v) is 13.1. The van der Waals surface area contributed by atoms with Crippen LogP contribution in [0.4, 0.5) is 0 Å². The second kappa shape index (κ2) is 8.47. The topological polar surface area (TPSA) is 85.7 Å². The number of aromatic nitrogens is 1. The van der Waals surface area contributed by atoms with Crippen molar-refractivity contribution in [1.82, 2.24) is 4.98 Å². The predicted molar refractivity (Wildman–Crippen MR) is 88.3 cm³/mol. The van der Waals surface area contributed by atoms with Gasteiger partial charge in [0.05, 0.1) is 12.2 Å². The molecule has 0 radical (unpaired) electrons. The molecule has 6 nitrogen and oxygen atoms in total. The largest absolute Gasteiger partial charge is 0.482 e. The minimum absolute atomic E-state index is 0.116. The Morgan fingerprint density at radius 3 is 2.75 bits per heavy atom. The molecule has 0 aliphatic carbocycles. The number of hydrogen-bond acceptors (Lipinski definition) is 5. The maximum Gasteiger partial charge on any atom is 0.344 e. The van der Waals surface area contributed by atoms with Crippen LogP contribution in [0.1, 0.15) is 18.1 Å². The van der Waals surface area contributed by atoms with Gasteiger partial charge >= 0.3 is 11.9 Å². The van der Waals surface area contributed by atoms with Crippen LogP contribution < -0.4 is 4.74 Å². The Balaban J connectivity index is 2.20. The molecule has 0 saturated heterocycles. The maximum absolute atomic E-state index is 11.5. The second-order valence-electron chi connectivity index (χ2n) is 4.77. The third-order valence-electron chi connectivity index (χ3n) is 3.03. The fourth-order valence-corrected chi connectivity index (χ4v) is 2.00. The fraction of sp³-hybridized carbons (Fsp3) is 0.167. The molecule has 0 spiro atoms. The van der Waals surface area contributed by atoms with Crippen molar-refractivity contribution in [3.05, 3.63) is 59.9 Å². The van der Waals surface area contributed by atoms with Gasteiger partial charge in [-0.1, -0.05) is 18.2 Å². The Morgan fingerprint density at radius 1 is 1.25 bits per heavy atom. The molecule has 2 aromatic rings. The van der Waals surface area contributed by atoms with Gasteiger partial charge in [0, 0.05) is 18.0 Å². The van der Waals surface area contributed by atoms with Gasteiger partial charge in [0.25, 0.3) is 0 Å². The summed E-state index contributed by atoms with van der Waals surface area (Å²) in [5.74, 6) is -1.06. The number of carbonyl (C=O) groups is 2. The number of pyridine rings is 1. The van der Waals surface area contributed by atoms with Crippen molar-refractivity contribution in [3.63, 3.8) is 0 Å². The van der Waals surface area contributed by atoms with Gasteiger partial charge in [0.2, 0.25) is 0 Å². The quantitative estimate of drug-likeness (QED) is 0.621. The molecule has 0 fully saturated rings. The Hall–Kier alpha value is -3.15. The van der Waals surface area contributed by atoms with Crippen LogP contribution in [0, 0.1) is 0 Å². The molecular formula is C18H17NO5. The van der Waals surface area contributed by atoms with Crippen LogP contribution in [0.5, 0.6) is 5.75 Å². The molecule has 1 heterocycles. The van der Waals surface area contributed by atoms with E-state index in [9.17, 15) is 14.7 Å². The van der Waals surface area contributed by atoms with Crippen LogP contribution in [0.2, 0.25) is 0 Å². The summed E-state index contributed by atoms with van der Waals surface area (Å²) >= 11 is 0. The van der Waals surface area contributed by atoms with Crippen molar-refractivity contribution in [2.24, 2.45) is 0 Å². The minimum Gasteiger partial charge on any atom is -0.482 e. The first-order valence-electron chi connectivity index (χ1n) is 7.34. The van der Waals surface area contributed by atoms with E-state index in [4.69, 9.17) is 9.47 Å². The smallest absolute Gasteiger partial charge is 0.344 e. The summed E-state index contributed by atoms with van der Waals surface area (Å²) in [4.78, 5) is 26.7. The third kappa shape index (κ3) is 4.95. The molecule has 6 heteroatoms. The molecule has 24 heavy (non-hydrogen) atoms. The maximum atomic E-state index is 11.5. The molecule has 124 valence electrons. The van der Waals surface area contributed by atoms with Crippen molar-refractivity contribution >= 4 is 23.6 Å². The average Bonchev–Trinajstić information content (AvgIpc) is 2.59. The van der Waals surface area contributed by atoms with Crippen molar-refractivity contribution in [3.8, 4) is 5.75 Å². The van der Waals surface area contributed by atoms with Gasteiger partial charge in [-0.2, -0.15) is 0 Å². The molecular weight excluding hydrogens is 310 g/mol. The Kier molecular flexibility index (Phi) is 6.08. The lowest BCUT2D eigenvalue weighted by molar-refractivity contribution is -0.145. The number of nitrogens with zero attached hydrogens (tertiary/aromatic N) is 1. The second-order valence-corrected chi connectivity index (χ2v) is 4.77. The zero-order valence-electron chi connectivity index (χ0n) is 13.1. The summed E-state index contributed by atoms with van der Waals surface area (Å²) < 4.78 is 10.1. The lowest BCUT2D eigenvalue weighted by atomic mass is 10.0. The van der Waals surface area contributed by atoms with E-state index in [-0.39, 0.29) is 18.8 Å². The molecule has 0 saturated carbocycles. The van der Waals surface area contributed by atoms with Crippen LogP contribution in [0.15, 0.2) is 48.8 Å². The molecule has 0 unspecified atom stereocenters. The van der Waals surface area contributed by atoms with E-state index in [1.165, 1.54) is 12.3 Å². The molecule has 0 amide bonds. The van der Waals surface area contributed by atoms with E-state index in [1.54, 1.807) is 49.5 Å². The number of carboxylic acid groups (broad SMARTS) is 1. The number of esters is 1. The monoisotopic (exact) mass is 327 g/mol. The minimum atomic E-state index is -1.05. The Bertz CT molecular complexity index is 740. The SMILES string of the molecule is CCOC(=O)COc1cccc(/C=C(/C(=O)O)c2cccnc2)c1. The highest BCUT2D eigenvalue weighted by molar-refractivity contribution is 6.20. The fourth-order valence-electron chi connectivity index (χ4n) is 2.00. The highest BCUT2D eigenvalue weighted by atomic mass is 16.6. The average molecular weight is 327 g/mol. The molecule has 1 aromatic carbocycles. The first kappa shape index (κ1) is 17.2. The van der Waals surface area contributed by atoms with Gasteiger partial charge in [-0.05, 0) is 36.8 Å². The number of aliphatic carboxylic acids is 1. The van der Waals surface area contributed by atoms with E-state index in [1.807, 2.05) is 0 Å². The molecule has 2 rings (SSSR count). The highest BCUT2D eigenvalue weighted by Gasteiger charge is 2.11. The number of ether oxygens (including phenoxy) is 2. The summed E-state index contributed by atoms with van der Waals surface area (Å²) in [5, 5.41) is 9.40. The van der Waals surface area contributed by atoms with Gasteiger partial charge in [0.15, 0.2) is 6.61 Å². The zero-order chi connectivity index (χ0) is 17.4. The standard InChI is InChI=1S/C18H17NO5/c1-2-23-17(20)12-24-15-7-3-5-13(9-15)10-16(18(21)22)14-6-4-8-19-11-14/h3-11H,2,12H2,1H3,(H,21,22)/b16-10+. The Labute approximate surface area is 139 Å². The highest BCUT2D eigenvalue weighted by Crippen LogP contribution is 2.21. The summed E-state index contributed by atoms with van der Waals surface area (Å²) in [6.07, 6.45) is 4.59. The van der Waals surface area contributed by atoms with E-state index < -0.39 is 11.9 Å². The van der Waals surface area contributed by atoms with Gasteiger partial charge in [-0.3, -0.25) is 4.98 Å². The molecule has 0 aliphatic heterocycles. The van der Waals surface area contributed by atoms with Crippen molar-refractivity contribution in [1.29, 1.82) is 0 Å². The van der Waals surface area contributed by atoms with Crippen LogP contribution in [-0.2, 0) is 14.3 Å². The number of rotatable bonds is 7. The van der Waals surface area contributed by atoms with Crippen LogP contribution in [-0.4, -0.2) is 35.2 Å². The van der Waals surface area contributed by atoms with Gasteiger partial charge in [0.1, 0.15) is 5.75 Å². The van der Waals surface area contributed by atoms with Crippen LogP contribution in [0.3, 0.4) is 0 Å². The summed E-state index contributed by atoms with van der Waals surface area (Å²) in [7, 11) is 0. The van der Waals surface area contributed by atoms with Crippen molar-refractivity contribution < 1.29 is 24.2 Å². The predicted octanol–water partition coefficient (Wildman–Crippen LogP) is 2.65. The lowest BCUT2D eigenvalue weighted by Gasteiger charge is -2.07. The molecule has 0 aliphatic rings. The van der Waals surface area contributed by atoms with E-state index >= 15 is 0 Å². The summed E-state index contributed by atoms with van der Waals surface area (Å²) in [5.41, 5.74) is 1.26. The van der Waals surface area contributed by atoms with Crippen LogP contribution in [0.25, 0.3) is 11.6 Å². The first-order valence-corrected chi connectivity index (χ1v) is 7.34. The number of carbonyl (C=O) groups excluding carboxylic acids is 1. The first-order chi connectivity index (χ1) is 11.6. The third-order valence-corrected chi connectivity index (χ3v) is 3.03. The molecule has 1 N–H and O–H groups in total. The van der Waals surface area contributed by atoms with Gasteiger partial charge in [-0.15, -0.1) is 0 Å². The summed E-state index contributed by atoms with van der Waals surface area (Å²) in [6, 6.07) is 10.1. The van der Waals surface area contributed by atoms with E-state index in [0.29, 0.717) is 16.9 Å². The molecule has 0 atom stereocenters. The number of hydrogen-bond donors (Lipinski definition) is 1. The van der Waals surface area contributed by atoms with Gasteiger partial charge in [-0.25, -0.2) is 9.59 Å². The van der Waals surface area contributed by atoms with E-state index in [0.717, 1.165) is 0 Å². The molecule has 0 bridgehead atoms. The Morgan fingerprint density at radius 2 is 2.08 bits per heavy atom. The molecule has 1 aromatic heterocycles. The summed E-state index contributed by atoms with van der Waals surface area (Å²) in [6.45, 7) is 1.81. The van der Waals surface area contributed by atoms with Crippen LogP contribution >= 0.6 is 0 Å². The normalized spacial score (nSPS) is 11.0.